The fourth-order valence-electron chi connectivity index (χ4n) is 3.10. The van der Waals surface area contributed by atoms with Crippen molar-refractivity contribution in [2.45, 2.75) is 59.8 Å². The third-order valence-electron chi connectivity index (χ3n) is 4.99. The minimum atomic E-state index is -2.92. The van der Waals surface area contributed by atoms with Crippen molar-refractivity contribution in [3.63, 3.8) is 0 Å². The fourth-order valence-corrected chi connectivity index (χ4v) is 4.13. The first-order valence-corrected chi connectivity index (χ1v) is 9.27. The first kappa shape index (κ1) is 17.0. The lowest BCUT2D eigenvalue weighted by atomic mass is 9.63. The molecule has 114 valence electrons. The highest BCUT2D eigenvalue weighted by molar-refractivity contribution is 7.91. The highest BCUT2D eigenvalue weighted by Crippen LogP contribution is 2.46. The van der Waals surface area contributed by atoms with Gasteiger partial charge in [-0.25, -0.2) is 8.42 Å². The molecule has 0 aromatic carbocycles. The number of sulfone groups is 1. The third-order valence-corrected chi connectivity index (χ3v) is 6.70. The van der Waals surface area contributed by atoms with Gasteiger partial charge in [-0.05, 0) is 48.9 Å². The molecule has 0 radical (unpaired) electrons. The average Bonchev–Trinajstić information content (AvgIpc) is 2.36. The number of aliphatic hydroxyl groups is 1. The Balaban J connectivity index is 2.61. The molecule has 0 aromatic heterocycles. The lowest BCUT2D eigenvalue weighted by molar-refractivity contribution is 0.0345. The highest BCUT2D eigenvalue weighted by Gasteiger charge is 2.38. The summed E-state index contributed by atoms with van der Waals surface area (Å²) in [5, 5.41) is 9.71. The molecule has 0 spiro atoms. The van der Waals surface area contributed by atoms with Gasteiger partial charge in [-0.3, -0.25) is 0 Å². The Hall–Kier alpha value is -0.0900. The molecule has 19 heavy (non-hydrogen) atoms. The Morgan fingerprint density at radius 1 is 1.21 bits per heavy atom. The predicted molar refractivity (Wildman–Crippen MR) is 79.9 cm³/mol. The molecule has 1 fully saturated rings. The summed E-state index contributed by atoms with van der Waals surface area (Å²) in [6, 6.07) is 0. The van der Waals surface area contributed by atoms with Crippen LogP contribution in [-0.4, -0.2) is 31.6 Å². The first-order valence-electron chi connectivity index (χ1n) is 7.45. The molecule has 3 nitrogen and oxygen atoms in total. The maximum atomic E-state index is 11.6. The van der Waals surface area contributed by atoms with Crippen LogP contribution in [0.25, 0.3) is 0 Å². The van der Waals surface area contributed by atoms with Crippen molar-refractivity contribution in [3.05, 3.63) is 0 Å². The summed E-state index contributed by atoms with van der Waals surface area (Å²) in [5.74, 6) is 1.12. The molecule has 1 aliphatic carbocycles. The zero-order valence-corrected chi connectivity index (χ0v) is 13.7. The summed E-state index contributed by atoms with van der Waals surface area (Å²) in [4.78, 5) is 0. The standard InChI is InChI=1S/C15H30O3S/c1-5-19(17,18)11-10-15(12-16)8-6-13(7-9-15)14(2,3)4/h13,16H,5-12H2,1-4H3. The van der Waals surface area contributed by atoms with Crippen LogP contribution in [0.4, 0.5) is 0 Å². The summed E-state index contributed by atoms with van der Waals surface area (Å²) in [6.07, 6.45) is 4.76. The molecule has 1 N–H and O–H groups in total. The number of hydrogen-bond donors (Lipinski definition) is 1. The monoisotopic (exact) mass is 290 g/mol. The van der Waals surface area contributed by atoms with E-state index in [9.17, 15) is 13.5 Å². The van der Waals surface area contributed by atoms with Crippen LogP contribution >= 0.6 is 0 Å². The van der Waals surface area contributed by atoms with Crippen molar-refractivity contribution in [3.8, 4) is 0 Å². The molecule has 4 heteroatoms. The van der Waals surface area contributed by atoms with Crippen molar-refractivity contribution in [1.82, 2.24) is 0 Å². The molecule has 1 aliphatic rings. The van der Waals surface area contributed by atoms with Gasteiger partial charge in [0.1, 0.15) is 9.84 Å². The second-order valence-corrected chi connectivity index (χ2v) is 9.76. The second kappa shape index (κ2) is 6.13. The molecular weight excluding hydrogens is 260 g/mol. The van der Waals surface area contributed by atoms with E-state index < -0.39 is 9.84 Å². The van der Waals surface area contributed by atoms with Gasteiger partial charge in [-0.15, -0.1) is 0 Å². The van der Waals surface area contributed by atoms with Crippen LogP contribution in [0.3, 0.4) is 0 Å². The first-order chi connectivity index (χ1) is 8.64. The highest BCUT2D eigenvalue weighted by atomic mass is 32.2. The molecule has 1 saturated carbocycles. The lowest BCUT2D eigenvalue weighted by Crippen LogP contribution is -2.36. The van der Waals surface area contributed by atoms with Crippen molar-refractivity contribution in [2.75, 3.05) is 18.1 Å². The van der Waals surface area contributed by atoms with Gasteiger partial charge in [-0.1, -0.05) is 27.7 Å². The molecule has 0 saturated heterocycles. The van der Waals surface area contributed by atoms with E-state index in [1.54, 1.807) is 6.92 Å². The summed E-state index contributed by atoms with van der Waals surface area (Å²) in [6.45, 7) is 8.63. The fraction of sp³-hybridized carbons (Fsp3) is 1.00. The van der Waals surface area contributed by atoms with Gasteiger partial charge in [0, 0.05) is 12.4 Å². The van der Waals surface area contributed by atoms with Gasteiger partial charge < -0.3 is 5.11 Å². The van der Waals surface area contributed by atoms with E-state index in [0.717, 1.165) is 25.7 Å². The van der Waals surface area contributed by atoms with E-state index >= 15 is 0 Å². The van der Waals surface area contributed by atoms with E-state index in [2.05, 4.69) is 20.8 Å². The Kier molecular flexibility index (Phi) is 5.47. The molecule has 0 bridgehead atoms. The Morgan fingerprint density at radius 2 is 1.74 bits per heavy atom. The zero-order valence-electron chi connectivity index (χ0n) is 12.9. The minimum absolute atomic E-state index is 0.128. The second-order valence-electron chi connectivity index (χ2n) is 7.28. The van der Waals surface area contributed by atoms with Crippen LogP contribution in [0.15, 0.2) is 0 Å². The van der Waals surface area contributed by atoms with Crippen molar-refractivity contribution < 1.29 is 13.5 Å². The Bertz CT molecular complexity index is 371. The summed E-state index contributed by atoms with van der Waals surface area (Å²) >= 11 is 0. The third kappa shape index (κ3) is 4.75. The lowest BCUT2D eigenvalue weighted by Gasteiger charge is -2.43. The normalized spacial score (nSPS) is 29.4. The van der Waals surface area contributed by atoms with Crippen LogP contribution in [0, 0.1) is 16.7 Å². The number of aliphatic hydroxyl groups excluding tert-OH is 1. The van der Waals surface area contributed by atoms with Crippen LogP contribution in [0.2, 0.25) is 0 Å². The van der Waals surface area contributed by atoms with Gasteiger partial charge >= 0.3 is 0 Å². The molecule has 0 amide bonds. The van der Waals surface area contributed by atoms with E-state index in [4.69, 9.17) is 0 Å². The molecule has 1 rings (SSSR count). The number of rotatable bonds is 5. The average molecular weight is 290 g/mol. The topological polar surface area (TPSA) is 54.4 Å². The van der Waals surface area contributed by atoms with Gasteiger partial charge in [0.15, 0.2) is 0 Å². The van der Waals surface area contributed by atoms with Crippen LogP contribution in [0.5, 0.6) is 0 Å². The SMILES string of the molecule is CCS(=O)(=O)CCC1(CO)CCC(C(C)(C)C)CC1. The summed E-state index contributed by atoms with van der Waals surface area (Å²) in [5.41, 5.74) is 0.168. The maximum absolute atomic E-state index is 11.6. The van der Waals surface area contributed by atoms with Crippen molar-refractivity contribution in [2.24, 2.45) is 16.7 Å². The number of hydrogen-bond acceptors (Lipinski definition) is 3. The van der Waals surface area contributed by atoms with Crippen LogP contribution < -0.4 is 0 Å². The van der Waals surface area contributed by atoms with Crippen LogP contribution in [-0.2, 0) is 9.84 Å². The molecular formula is C15H30O3S. The summed E-state index contributed by atoms with van der Waals surface area (Å²) < 4.78 is 23.3. The molecule has 0 unspecified atom stereocenters. The van der Waals surface area contributed by atoms with E-state index in [1.165, 1.54) is 0 Å². The Labute approximate surface area is 118 Å². The largest absolute Gasteiger partial charge is 0.396 e. The van der Waals surface area contributed by atoms with E-state index in [1.807, 2.05) is 0 Å². The van der Waals surface area contributed by atoms with Gasteiger partial charge in [-0.2, -0.15) is 0 Å². The van der Waals surface area contributed by atoms with Gasteiger partial charge in [0.05, 0.1) is 5.75 Å². The smallest absolute Gasteiger partial charge is 0.150 e. The molecule has 0 atom stereocenters. The zero-order chi connectivity index (χ0) is 14.7. The van der Waals surface area contributed by atoms with Crippen LogP contribution in [0.1, 0.15) is 59.8 Å². The molecule has 0 aromatic rings. The maximum Gasteiger partial charge on any atom is 0.150 e. The van der Waals surface area contributed by atoms with Gasteiger partial charge in [0.2, 0.25) is 0 Å². The van der Waals surface area contributed by atoms with E-state index in [-0.39, 0.29) is 23.5 Å². The Morgan fingerprint density at radius 3 is 2.11 bits per heavy atom. The minimum Gasteiger partial charge on any atom is -0.396 e. The van der Waals surface area contributed by atoms with Crippen molar-refractivity contribution in [1.29, 1.82) is 0 Å². The summed E-state index contributed by atoms with van der Waals surface area (Å²) in [7, 11) is -2.92. The van der Waals surface area contributed by atoms with E-state index in [0.29, 0.717) is 17.8 Å². The van der Waals surface area contributed by atoms with Crippen molar-refractivity contribution >= 4 is 9.84 Å². The van der Waals surface area contributed by atoms with Gasteiger partial charge in [0.25, 0.3) is 0 Å². The molecule has 0 aliphatic heterocycles. The quantitative estimate of drug-likeness (QED) is 0.846. The predicted octanol–water partition coefficient (Wildman–Crippen LogP) is 3.03. The molecule has 0 heterocycles.